The molecule has 0 aromatic heterocycles. The Kier molecular flexibility index (Phi) is 5.00. The van der Waals surface area contributed by atoms with E-state index in [1.165, 1.54) is 16.9 Å². The van der Waals surface area contributed by atoms with Gasteiger partial charge in [-0.15, -0.1) is 0 Å². The molecule has 2 N–H and O–H groups in total. The van der Waals surface area contributed by atoms with Crippen molar-refractivity contribution >= 4 is 27.6 Å². The molecule has 0 aliphatic carbocycles. The fourth-order valence-electron chi connectivity index (χ4n) is 1.30. The topological polar surface area (TPSA) is 83.5 Å². The molecule has 1 atom stereocenters. The van der Waals surface area contributed by atoms with Crippen LogP contribution in [-0.4, -0.2) is 31.7 Å². The van der Waals surface area contributed by atoms with E-state index in [1.807, 2.05) is 0 Å². The number of carboxylic acid groups (broad SMARTS) is 1. The molecule has 112 valence electrons. The van der Waals surface area contributed by atoms with Crippen LogP contribution < -0.4 is 4.72 Å². The van der Waals surface area contributed by atoms with E-state index in [0.717, 1.165) is 12.1 Å². The summed E-state index contributed by atoms with van der Waals surface area (Å²) in [4.78, 5) is 10.3. The lowest BCUT2D eigenvalue weighted by atomic mass is 10.2. The van der Waals surface area contributed by atoms with E-state index in [4.69, 9.17) is 16.7 Å². The van der Waals surface area contributed by atoms with Gasteiger partial charge in [0.05, 0.1) is 11.3 Å². The Bertz CT molecular complexity index is 603. The van der Waals surface area contributed by atoms with E-state index < -0.39 is 39.5 Å². The predicted octanol–water partition coefficient (Wildman–Crippen LogP) is 2.02. The summed E-state index contributed by atoms with van der Waals surface area (Å²) in [5.41, 5.74) is 0. The average molecular weight is 332 g/mol. The third-order valence-corrected chi connectivity index (χ3v) is 3.84. The molecule has 0 spiro atoms. The first kappa shape index (κ1) is 16.7. The molecule has 0 saturated carbocycles. The number of carbonyl (C=O) groups is 1. The number of nitrogens with one attached hydrogen (secondary N) is 1. The van der Waals surface area contributed by atoms with Gasteiger partial charge in [-0.25, -0.2) is 8.42 Å². The van der Waals surface area contributed by atoms with Gasteiger partial charge in [-0.1, -0.05) is 17.7 Å². The van der Waals surface area contributed by atoms with Gasteiger partial charge in [0.25, 0.3) is 0 Å². The lowest BCUT2D eigenvalue weighted by Gasteiger charge is -2.16. The van der Waals surface area contributed by atoms with Gasteiger partial charge < -0.3 is 5.11 Å². The molecule has 0 aliphatic heterocycles. The van der Waals surface area contributed by atoms with Gasteiger partial charge in [-0.3, -0.25) is 4.79 Å². The van der Waals surface area contributed by atoms with Crippen LogP contribution in [0.15, 0.2) is 29.2 Å². The lowest BCUT2D eigenvalue weighted by molar-refractivity contribution is -0.157. The summed E-state index contributed by atoms with van der Waals surface area (Å²) in [7, 11) is -4.41. The van der Waals surface area contributed by atoms with Gasteiger partial charge in [0.15, 0.2) is 0 Å². The van der Waals surface area contributed by atoms with Crippen LogP contribution in [-0.2, 0) is 14.8 Å². The summed E-state index contributed by atoms with van der Waals surface area (Å²) >= 11 is 5.57. The van der Waals surface area contributed by atoms with Crippen LogP contribution in [0.2, 0.25) is 5.02 Å². The van der Waals surface area contributed by atoms with Crippen molar-refractivity contribution in [2.75, 3.05) is 0 Å². The van der Waals surface area contributed by atoms with E-state index in [9.17, 15) is 26.4 Å². The summed E-state index contributed by atoms with van der Waals surface area (Å²) in [6.07, 6.45) is -6.64. The zero-order chi connectivity index (χ0) is 15.6. The normalized spacial score (nSPS) is 14.0. The molecule has 0 saturated heterocycles. The van der Waals surface area contributed by atoms with Crippen LogP contribution in [0.25, 0.3) is 0 Å². The first-order valence-electron chi connectivity index (χ1n) is 5.09. The highest BCUT2D eigenvalue weighted by molar-refractivity contribution is 7.89. The smallest absolute Gasteiger partial charge is 0.391 e. The van der Waals surface area contributed by atoms with E-state index in [2.05, 4.69) is 0 Å². The predicted molar refractivity (Wildman–Crippen MR) is 63.9 cm³/mol. The van der Waals surface area contributed by atoms with Crippen LogP contribution in [0.4, 0.5) is 13.2 Å². The minimum absolute atomic E-state index is 0.0515. The Morgan fingerprint density at radius 1 is 1.40 bits per heavy atom. The van der Waals surface area contributed by atoms with Gasteiger partial charge in [-0.05, 0) is 18.2 Å². The van der Waals surface area contributed by atoms with Crippen LogP contribution in [0.3, 0.4) is 0 Å². The fourth-order valence-corrected chi connectivity index (χ4v) is 2.79. The molecule has 20 heavy (non-hydrogen) atoms. The summed E-state index contributed by atoms with van der Waals surface area (Å²) in [6, 6.07) is 2.41. The lowest BCUT2D eigenvalue weighted by Crippen LogP contribution is -2.43. The Hall–Kier alpha value is -1.32. The summed E-state index contributed by atoms with van der Waals surface area (Å²) in [6.45, 7) is 0. The molecule has 1 aromatic carbocycles. The van der Waals surface area contributed by atoms with Crippen molar-refractivity contribution in [2.45, 2.75) is 23.5 Å². The van der Waals surface area contributed by atoms with Gasteiger partial charge in [0, 0.05) is 5.02 Å². The Balaban J connectivity index is 3.01. The van der Waals surface area contributed by atoms with Gasteiger partial charge in [-0.2, -0.15) is 17.9 Å². The van der Waals surface area contributed by atoms with Crippen molar-refractivity contribution in [1.82, 2.24) is 4.72 Å². The van der Waals surface area contributed by atoms with Crippen molar-refractivity contribution in [3.05, 3.63) is 29.3 Å². The summed E-state index contributed by atoms with van der Waals surface area (Å²) < 4.78 is 61.6. The second-order valence-electron chi connectivity index (χ2n) is 3.79. The molecule has 1 unspecified atom stereocenters. The Labute approximate surface area is 117 Å². The highest BCUT2D eigenvalue weighted by Gasteiger charge is 2.37. The van der Waals surface area contributed by atoms with Crippen molar-refractivity contribution in [3.63, 3.8) is 0 Å². The number of hydrogen-bond acceptors (Lipinski definition) is 3. The number of halogens is 4. The molecule has 0 bridgehead atoms. The zero-order valence-electron chi connectivity index (χ0n) is 9.69. The first-order chi connectivity index (χ1) is 9.01. The summed E-state index contributed by atoms with van der Waals surface area (Å²) in [5.74, 6) is -1.92. The maximum Gasteiger partial charge on any atom is 0.391 e. The molecular formula is C10H9ClF3NO4S. The Morgan fingerprint density at radius 3 is 2.45 bits per heavy atom. The second kappa shape index (κ2) is 5.98. The molecule has 10 heteroatoms. The van der Waals surface area contributed by atoms with Gasteiger partial charge >= 0.3 is 12.1 Å². The number of benzene rings is 1. The van der Waals surface area contributed by atoms with Crippen molar-refractivity contribution in [3.8, 4) is 0 Å². The van der Waals surface area contributed by atoms with Crippen LogP contribution in [0.1, 0.15) is 6.42 Å². The number of rotatable bonds is 5. The largest absolute Gasteiger partial charge is 0.480 e. The number of carboxylic acids is 1. The average Bonchev–Trinajstić information content (AvgIpc) is 2.25. The molecule has 0 aliphatic rings. The summed E-state index contributed by atoms with van der Waals surface area (Å²) in [5, 5.41) is 8.70. The van der Waals surface area contributed by atoms with E-state index in [0.29, 0.717) is 0 Å². The van der Waals surface area contributed by atoms with Crippen molar-refractivity contribution in [1.29, 1.82) is 0 Å². The van der Waals surface area contributed by atoms with Crippen LogP contribution in [0, 0.1) is 0 Å². The number of hydrogen-bond donors (Lipinski definition) is 2. The molecule has 1 rings (SSSR count). The maximum absolute atomic E-state index is 12.2. The molecule has 5 nitrogen and oxygen atoms in total. The quantitative estimate of drug-likeness (QED) is 0.864. The standard InChI is InChI=1S/C10H9ClF3NO4S/c11-6-2-1-3-7(4-6)20(18,19)15-8(9(16)17)5-10(12,13)14/h1-4,8,15H,5H2,(H,16,17). The van der Waals surface area contributed by atoms with Gasteiger partial charge in [0.1, 0.15) is 6.04 Å². The molecular weight excluding hydrogens is 323 g/mol. The monoisotopic (exact) mass is 331 g/mol. The second-order valence-corrected chi connectivity index (χ2v) is 5.94. The van der Waals surface area contributed by atoms with Crippen LogP contribution in [0.5, 0.6) is 0 Å². The first-order valence-corrected chi connectivity index (χ1v) is 6.95. The molecule has 0 radical (unpaired) electrons. The highest BCUT2D eigenvalue weighted by atomic mass is 35.5. The third-order valence-electron chi connectivity index (χ3n) is 2.14. The van der Waals surface area contributed by atoms with Crippen molar-refractivity contribution < 1.29 is 31.5 Å². The van der Waals surface area contributed by atoms with Gasteiger partial charge in [0.2, 0.25) is 10.0 Å². The van der Waals surface area contributed by atoms with E-state index in [1.54, 1.807) is 0 Å². The molecule has 0 fully saturated rings. The van der Waals surface area contributed by atoms with Crippen LogP contribution >= 0.6 is 11.6 Å². The van der Waals surface area contributed by atoms with E-state index >= 15 is 0 Å². The molecule has 0 amide bonds. The minimum Gasteiger partial charge on any atom is -0.480 e. The fraction of sp³-hybridized carbons (Fsp3) is 0.300. The Morgan fingerprint density at radius 2 is 2.00 bits per heavy atom. The SMILES string of the molecule is O=C(O)C(CC(F)(F)F)NS(=O)(=O)c1cccc(Cl)c1. The molecule has 0 heterocycles. The number of aliphatic carboxylic acids is 1. The minimum atomic E-state index is -4.82. The van der Waals surface area contributed by atoms with E-state index in [-0.39, 0.29) is 5.02 Å². The number of sulfonamides is 1. The highest BCUT2D eigenvalue weighted by Crippen LogP contribution is 2.23. The number of alkyl halides is 3. The van der Waals surface area contributed by atoms with Crippen molar-refractivity contribution in [2.24, 2.45) is 0 Å². The molecule has 1 aromatic rings. The third kappa shape index (κ3) is 4.99. The zero-order valence-corrected chi connectivity index (χ0v) is 11.3. The maximum atomic E-state index is 12.2.